The van der Waals surface area contributed by atoms with Gasteiger partial charge in [-0.15, -0.1) is 0 Å². The molecule has 1 unspecified atom stereocenters. The van der Waals surface area contributed by atoms with Gasteiger partial charge in [0.2, 0.25) is 0 Å². The molecule has 1 aliphatic rings. The second-order valence-electron chi connectivity index (χ2n) is 6.03. The van der Waals surface area contributed by atoms with Gasteiger partial charge in [-0.05, 0) is 52.0 Å². The Morgan fingerprint density at radius 1 is 1.40 bits per heavy atom. The summed E-state index contributed by atoms with van der Waals surface area (Å²) in [4.78, 5) is 0. The van der Waals surface area contributed by atoms with E-state index >= 15 is 0 Å². The highest BCUT2D eigenvalue weighted by atomic mass is 15.6. The SMILES string of the molecule is CC(C)CCC1=CN(C(C)(C)C)NC1C. The molecular weight excluding hydrogens is 184 g/mol. The molecule has 0 saturated heterocycles. The van der Waals surface area contributed by atoms with Crippen LogP contribution in [-0.4, -0.2) is 16.6 Å². The van der Waals surface area contributed by atoms with E-state index < -0.39 is 0 Å². The molecule has 2 nitrogen and oxygen atoms in total. The molecule has 0 bridgehead atoms. The number of rotatable bonds is 3. The van der Waals surface area contributed by atoms with Crippen LogP contribution in [0.25, 0.3) is 0 Å². The van der Waals surface area contributed by atoms with Crippen molar-refractivity contribution in [2.24, 2.45) is 5.92 Å². The van der Waals surface area contributed by atoms with Crippen molar-refractivity contribution in [3.8, 4) is 0 Å². The molecule has 0 spiro atoms. The summed E-state index contributed by atoms with van der Waals surface area (Å²) in [7, 11) is 0. The first kappa shape index (κ1) is 12.6. The first-order valence-corrected chi connectivity index (χ1v) is 6.07. The molecule has 0 aromatic carbocycles. The molecule has 2 heteroatoms. The van der Waals surface area contributed by atoms with Gasteiger partial charge in [0, 0.05) is 17.8 Å². The number of hydrogen-bond acceptors (Lipinski definition) is 2. The molecule has 0 radical (unpaired) electrons. The highest BCUT2D eigenvalue weighted by molar-refractivity contribution is 5.15. The van der Waals surface area contributed by atoms with Crippen molar-refractivity contribution in [1.82, 2.24) is 10.4 Å². The first-order valence-electron chi connectivity index (χ1n) is 6.07. The van der Waals surface area contributed by atoms with Gasteiger partial charge in [-0.25, -0.2) is 5.43 Å². The molecule has 0 fully saturated rings. The van der Waals surface area contributed by atoms with E-state index in [0.717, 1.165) is 5.92 Å². The lowest BCUT2D eigenvalue weighted by Crippen LogP contribution is -2.46. The van der Waals surface area contributed by atoms with E-state index in [1.165, 1.54) is 12.8 Å². The highest BCUT2D eigenvalue weighted by Crippen LogP contribution is 2.24. The lowest BCUT2D eigenvalue weighted by Gasteiger charge is -2.32. The Bertz CT molecular complexity index is 235. The van der Waals surface area contributed by atoms with Gasteiger partial charge < -0.3 is 5.01 Å². The topological polar surface area (TPSA) is 15.3 Å². The normalized spacial score (nSPS) is 22.5. The predicted molar refractivity (Wildman–Crippen MR) is 66.3 cm³/mol. The average molecular weight is 210 g/mol. The van der Waals surface area contributed by atoms with Crippen molar-refractivity contribution in [3.05, 3.63) is 11.8 Å². The minimum Gasteiger partial charge on any atom is -0.310 e. The fourth-order valence-corrected chi connectivity index (χ4v) is 1.73. The molecule has 1 atom stereocenters. The third kappa shape index (κ3) is 3.53. The molecule has 0 saturated carbocycles. The molecule has 0 amide bonds. The lowest BCUT2D eigenvalue weighted by molar-refractivity contribution is 0.144. The summed E-state index contributed by atoms with van der Waals surface area (Å²) < 4.78 is 0. The van der Waals surface area contributed by atoms with Crippen LogP contribution in [-0.2, 0) is 0 Å². The van der Waals surface area contributed by atoms with Gasteiger partial charge >= 0.3 is 0 Å². The van der Waals surface area contributed by atoms with E-state index in [0.29, 0.717) is 6.04 Å². The van der Waals surface area contributed by atoms with Crippen LogP contribution in [0.5, 0.6) is 0 Å². The number of nitrogens with one attached hydrogen (secondary N) is 1. The third-order valence-corrected chi connectivity index (χ3v) is 2.92. The number of hydrogen-bond donors (Lipinski definition) is 1. The molecule has 15 heavy (non-hydrogen) atoms. The van der Waals surface area contributed by atoms with Crippen LogP contribution in [0.1, 0.15) is 54.4 Å². The fraction of sp³-hybridized carbons (Fsp3) is 0.846. The van der Waals surface area contributed by atoms with Crippen LogP contribution >= 0.6 is 0 Å². The maximum absolute atomic E-state index is 3.51. The zero-order chi connectivity index (χ0) is 11.6. The molecular formula is C13H26N2. The Labute approximate surface area is 94.7 Å². The highest BCUT2D eigenvalue weighted by Gasteiger charge is 2.27. The van der Waals surface area contributed by atoms with Crippen molar-refractivity contribution in [2.75, 3.05) is 0 Å². The second kappa shape index (κ2) is 4.56. The molecule has 1 aliphatic heterocycles. The van der Waals surface area contributed by atoms with E-state index in [9.17, 15) is 0 Å². The van der Waals surface area contributed by atoms with Crippen molar-refractivity contribution < 1.29 is 0 Å². The molecule has 1 rings (SSSR count). The maximum atomic E-state index is 3.51. The predicted octanol–water partition coefficient (Wildman–Crippen LogP) is 3.31. The largest absolute Gasteiger partial charge is 0.310 e. The van der Waals surface area contributed by atoms with E-state index in [4.69, 9.17) is 0 Å². The molecule has 0 aliphatic carbocycles. The van der Waals surface area contributed by atoms with Gasteiger partial charge in [0.15, 0.2) is 0 Å². The summed E-state index contributed by atoms with van der Waals surface area (Å²) in [5.74, 6) is 0.793. The van der Waals surface area contributed by atoms with Crippen molar-refractivity contribution >= 4 is 0 Å². The van der Waals surface area contributed by atoms with E-state index in [2.05, 4.69) is 58.2 Å². The van der Waals surface area contributed by atoms with Crippen LogP contribution in [0.2, 0.25) is 0 Å². The maximum Gasteiger partial charge on any atom is 0.0472 e. The molecule has 88 valence electrons. The van der Waals surface area contributed by atoms with Gasteiger partial charge in [0.1, 0.15) is 0 Å². The summed E-state index contributed by atoms with van der Waals surface area (Å²) in [5.41, 5.74) is 5.22. The standard InChI is InChI=1S/C13H26N2/c1-10(2)7-8-12-9-15(13(4,5)6)14-11(12)3/h9-11,14H,7-8H2,1-6H3. The van der Waals surface area contributed by atoms with E-state index in [-0.39, 0.29) is 5.54 Å². The minimum absolute atomic E-state index is 0.174. The minimum atomic E-state index is 0.174. The molecule has 0 aromatic heterocycles. The summed E-state index contributed by atoms with van der Waals surface area (Å²) in [5, 5.41) is 2.24. The third-order valence-electron chi connectivity index (χ3n) is 2.92. The Morgan fingerprint density at radius 2 is 2.00 bits per heavy atom. The van der Waals surface area contributed by atoms with Gasteiger partial charge in [-0.3, -0.25) is 0 Å². The van der Waals surface area contributed by atoms with Gasteiger partial charge in [0.25, 0.3) is 0 Å². The zero-order valence-electron chi connectivity index (χ0n) is 11.1. The van der Waals surface area contributed by atoms with Gasteiger partial charge in [0.05, 0.1) is 0 Å². The van der Waals surface area contributed by atoms with Crippen LogP contribution in [0.4, 0.5) is 0 Å². The molecule has 1 heterocycles. The summed E-state index contributed by atoms with van der Waals surface area (Å²) >= 11 is 0. The fourth-order valence-electron chi connectivity index (χ4n) is 1.73. The summed E-state index contributed by atoms with van der Waals surface area (Å²) in [6, 6.07) is 0.503. The summed E-state index contributed by atoms with van der Waals surface area (Å²) in [6.45, 7) is 13.5. The summed E-state index contributed by atoms with van der Waals surface area (Å²) in [6.07, 6.45) is 4.81. The average Bonchev–Trinajstić information content (AvgIpc) is 2.42. The van der Waals surface area contributed by atoms with Crippen LogP contribution in [0, 0.1) is 5.92 Å². The monoisotopic (exact) mass is 210 g/mol. The Hall–Kier alpha value is -0.500. The Balaban J connectivity index is 2.57. The van der Waals surface area contributed by atoms with Gasteiger partial charge in [-0.2, -0.15) is 0 Å². The van der Waals surface area contributed by atoms with Crippen LogP contribution in [0.3, 0.4) is 0 Å². The molecule has 1 N–H and O–H groups in total. The quantitative estimate of drug-likeness (QED) is 0.769. The van der Waals surface area contributed by atoms with Crippen LogP contribution in [0.15, 0.2) is 11.8 Å². The van der Waals surface area contributed by atoms with E-state index in [1.54, 1.807) is 5.57 Å². The first-order chi connectivity index (χ1) is 6.80. The number of hydrazine groups is 1. The van der Waals surface area contributed by atoms with E-state index in [1.807, 2.05) is 0 Å². The van der Waals surface area contributed by atoms with Crippen molar-refractivity contribution in [1.29, 1.82) is 0 Å². The Morgan fingerprint density at radius 3 is 2.40 bits per heavy atom. The van der Waals surface area contributed by atoms with Crippen molar-refractivity contribution in [2.45, 2.75) is 66.0 Å². The Kier molecular flexibility index (Phi) is 3.82. The van der Waals surface area contributed by atoms with Gasteiger partial charge in [-0.1, -0.05) is 13.8 Å². The zero-order valence-corrected chi connectivity index (χ0v) is 11.1. The smallest absolute Gasteiger partial charge is 0.0472 e. The van der Waals surface area contributed by atoms with Crippen LogP contribution < -0.4 is 5.43 Å². The number of nitrogens with zero attached hydrogens (tertiary/aromatic N) is 1. The van der Waals surface area contributed by atoms with Crippen molar-refractivity contribution in [3.63, 3.8) is 0 Å². The second-order valence-corrected chi connectivity index (χ2v) is 6.03. The molecule has 0 aromatic rings. The lowest BCUT2D eigenvalue weighted by atomic mass is 10.00.